The molecule has 0 N–H and O–H groups in total. The van der Waals surface area contributed by atoms with Crippen LogP contribution < -0.4 is 0 Å². The van der Waals surface area contributed by atoms with Crippen molar-refractivity contribution in [3.63, 3.8) is 0 Å². The molecule has 3 heteroatoms. The number of nitriles is 1. The Bertz CT molecular complexity index is 390. The smallest absolute Gasteiger partial charge is 0.201 e. The van der Waals surface area contributed by atoms with Gasteiger partial charge in [-0.3, -0.25) is 0 Å². The van der Waals surface area contributed by atoms with E-state index in [0.29, 0.717) is 17.5 Å². The van der Waals surface area contributed by atoms with Crippen LogP contribution in [0.1, 0.15) is 23.1 Å². The third-order valence-electron chi connectivity index (χ3n) is 2.34. The average Bonchev–Trinajstić information content (AvgIpc) is 2.42. The first-order valence-electron chi connectivity index (χ1n) is 4.05. The summed E-state index contributed by atoms with van der Waals surface area (Å²) in [6.07, 6.45) is 0.283. The van der Waals surface area contributed by atoms with Gasteiger partial charge in [-0.15, -0.1) is 0 Å². The van der Waals surface area contributed by atoms with Gasteiger partial charge in [-0.1, -0.05) is 6.07 Å². The maximum Gasteiger partial charge on any atom is 0.273 e. The van der Waals surface area contributed by atoms with E-state index in [0.717, 1.165) is 0 Å². The molecule has 0 spiro atoms. The third kappa shape index (κ3) is 1.19. The Hall–Kier alpha value is -1.43. The highest BCUT2D eigenvalue weighted by Crippen LogP contribution is 2.41. The third-order valence-corrected chi connectivity index (χ3v) is 2.34. The normalized spacial score (nSPS) is 17.9. The van der Waals surface area contributed by atoms with Crippen LogP contribution in [0.2, 0.25) is 0 Å². The van der Waals surface area contributed by atoms with Gasteiger partial charge in [0.25, 0.3) is 5.92 Å². The Morgan fingerprint density at radius 3 is 2.85 bits per heavy atom. The molecule has 1 aliphatic rings. The molecule has 0 heterocycles. The van der Waals surface area contributed by atoms with Crippen LogP contribution in [0, 0.1) is 11.3 Å². The van der Waals surface area contributed by atoms with E-state index in [-0.39, 0.29) is 12.0 Å². The molecule has 0 bridgehead atoms. The van der Waals surface area contributed by atoms with Crippen molar-refractivity contribution in [2.45, 2.75) is 18.8 Å². The molecular weight excluding hydrogens is 172 g/mol. The summed E-state index contributed by atoms with van der Waals surface area (Å²) in [5, 5.41) is 8.54. The molecule has 2 rings (SSSR count). The van der Waals surface area contributed by atoms with Crippen molar-refractivity contribution in [3.8, 4) is 6.07 Å². The predicted octanol–water partition coefficient (Wildman–Crippen LogP) is 2.60. The molecule has 0 aliphatic heterocycles. The molecule has 1 nitrogen and oxygen atoms in total. The van der Waals surface area contributed by atoms with Gasteiger partial charge in [-0.05, 0) is 24.1 Å². The minimum absolute atomic E-state index is 0.0338. The molecule has 0 aromatic heterocycles. The Balaban J connectivity index is 2.57. The monoisotopic (exact) mass is 179 g/mol. The molecule has 0 amide bonds. The molecule has 0 atom stereocenters. The largest absolute Gasteiger partial charge is 0.273 e. The minimum atomic E-state index is -2.73. The Kier molecular flexibility index (Phi) is 1.59. The van der Waals surface area contributed by atoms with Crippen LogP contribution in [0.3, 0.4) is 0 Å². The number of halogens is 2. The lowest BCUT2D eigenvalue weighted by Gasteiger charge is -2.09. The van der Waals surface area contributed by atoms with E-state index in [1.807, 2.05) is 6.07 Å². The molecule has 13 heavy (non-hydrogen) atoms. The van der Waals surface area contributed by atoms with Gasteiger partial charge in [0.05, 0.1) is 11.6 Å². The zero-order valence-electron chi connectivity index (χ0n) is 6.85. The maximum atomic E-state index is 13.1. The van der Waals surface area contributed by atoms with Crippen molar-refractivity contribution in [1.29, 1.82) is 5.26 Å². The highest BCUT2D eigenvalue weighted by Gasteiger charge is 2.38. The van der Waals surface area contributed by atoms with Gasteiger partial charge in [0, 0.05) is 12.0 Å². The van der Waals surface area contributed by atoms with Crippen LogP contribution in [0.25, 0.3) is 0 Å². The van der Waals surface area contributed by atoms with Crippen molar-refractivity contribution in [2.75, 3.05) is 0 Å². The molecule has 66 valence electrons. The number of fused-ring (bicyclic) bond motifs is 1. The summed E-state index contributed by atoms with van der Waals surface area (Å²) in [4.78, 5) is 0. The lowest BCUT2D eigenvalue weighted by Crippen LogP contribution is -2.07. The number of aryl methyl sites for hydroxylation is 1. The Labute approximate surface area is 74.6 Å². The van der Waals surface area contributed by atoms with Crippen molar-refractivity contribution in [1.82, 2.24) is 0 Å². The number of rotatable bonds is 0. The van der Waals surface area contributed by atoms with Crippen molar-refractivity contribution in [2.24, 2.45) is 0 Å². The maximum absolute atomic E-state index is 13.1. The van der Waals surface area contributed by atoms with E-state index in [2.05, 4.69) is 0 Å². The summed E-state index contributed by atoms with van der Waals surface area (Å²) < 4.78 is 26.3. The van der Waals surface area contributed by atoms with E-state index < -0.39 is 5.92 Å². The molecule has 0 saturated heterocycles. The highest BCUT2D eigenvalue weighted by molar-refractivity contribution is 5.42. The quantitative estimate of drug-likeness (QED) is 0.600. The molecular formula is C10H7F2N. The van der Waals surface area contributed by atoms with Gasteiger partial charge >= 0.3 is 0 Å². The van der Waals surface area contributed by atoms with Crippen molar-refractivity contribution < 1.29 is 8.78 Å². The van der Waals surface area contributed by atoms with Crippen LogP contribution in [-0.4, -0.2) is 0 Å². The molecule has 1 aromatic rings. The first-order chi connectivity index (χ1) is 6.13. The van der Waals surface area contributed by atoms with Crippen LogP contribution in [-0.2, 0) is 12.3 Å². The second-order valence-electron chi connectivity index (χ2n) is 3.19. The lowest BCUT2D eigenvalue weighted by molar-refractivity contribution is -0.00185. The number of hydrogen-bond donors (Lipinski definition) is 0. The van der Waals surface area contributed by atoms with Crippen LogP contribution >= 0.6 is 0 Å². The average molecular weight is 179 g/mol. The molecule has 0 unspecified atom stereocenters. The van der Waals surface area contributed by atoms with Gasteiger partial charge < -0.3 is 0 Å². The van der Waals surface area contributed by atoms with Gasteiger partial charge in [-0.25, -0.2) is 8.78 Å². The van der Waals surface area contributed by atoms with Gasteiger partial charge in [0.2, 0.25) is 0 Å². The zero-order valence-corrected chi connectivity index (χ0v) is 6.85. The van der Waals surface area contributed by atoms with E-state index in [4.69, 9.17) is 5.26 Å². The number of nitrogens with zero attached hydrogens (tertiary/aromatic N) is 1. The Morgan fingerprint density at radius 2 is 2.15 bits per heavy atom. The van der Waals surface area contributed by atoms with E-state index in [1.54, 1.807) is 12.1 Å². The minimum Gasteiger partial charge on any atom is -0.201 e. The standard InChI is InChI=1S/C10H7F2N/c11-10(12)4-3-8-2-1-7(6-13)5-9(8)10/h1-2,5H,3-4H2. The molecule has 0 radical (unpaired) electrons. The lowest BCUT2D eigenvalue weighted by atomic mass is 10.1. The molecule has 0 saturated carbocycles. The van der Waals surface area contributed by atoms with Crippen LogP contribution in [0.15, 0.2) is 18.2 Å². The first kappa shape index (κ1) is 8.18. The number of benzene rings is 1. The summed E-state index contributed by atoms with van der Waals surface area (Å²) >= 11 is 0. The van der Waals surface area contributed by atoms with E-state index in [9.17, 15) is 8.78 Å². The fourth-order valence-corrected chi connectivity index (χ4v) is 1.63. The number of alkyl halides is 2. The van der Waals surface area contributed by atoms with Crippen molar-refractivity contribution in [3.05, 3.63) is 34.9 Å². The zero-order chi connectivity index (χ0) is 9.47. The second-order valence-corrected chi connectivity index (χ2v) is 3.19. The molecule has 0 fully saturated rings. The summed E-state index contributed by atoms with van der Waals surface area (Å²) in [6, 6.07) is 6.36. The van der Waals surface area contributed by atoms with Gasteiger partial charge in [0.15, 0.2) is 0 Å². The van der Waals surface area contributed by atoms with E-state index >= 15 is 0 Å². The highest BCUT2D eigenvalue weighted by atomic mass is 19.3. The van der Waals surface area contributed by atoms with Gasteiger partial charge in [0.1, 0.15) is 0 Å². The summed E-state index contributed by atoms with van der Waals surface area (Å²) in [7, 11) is 0. The topological polar surface area (TPSA) is 23.8 Å². The van der Waals surface area contributed by atoms with E-state index in [1.165, 1.54) is 6.07 Å². The van der Waals surface area contributed by atoms with Crippen LogP contribution in [0.5, 0.6) is 0 Å². The SMILES string of the molecule is N#Cc1ccc2c(c1)C(F)(F)CC2. The number of hydrogen-bond acceptors (Lipinski definition) is 1. The Morgan fingerprint density at radius 1 is 1.38 bits per heavy atom. The summed E-state index contributed by atoms with van der Waals surface area (Å²) in [6.45, 7) is 0. The summed E-state index contributed by atoms with van der Waals surface area (Å²) in [5.74, 6) is -2.73. The predicted molar refractivity (Wildman–Crippen MR) is 43.4 cm³/mol. The first-order valence-corrected chi connectivity index (χ1v) is 4.05. The molecule has 1 aliphatic carbocycles. The van der Waals surface area contributed by atoms with Crippen LogP contribution in [0.4, 0.5) is 8.78 Å². The van der Waals surface area contributed by atoms with Crippen molar-refractivity contribution >= 4 is 0 Å². The second kappa shape index (κ2) is 2.53. The summed E-state index contributed by atoms with van der Waals surface area (Å²) in [5.41, 5.74) is 1.01. The molecule has 1 aromatic carbocycles. The fraction of sp³-hybridized carbons (Fsp3) is 0.300. The van der Waals surface area contributed by atoms with Gasteiger partial charge in [-0.2, -0.15) is 5.26 Å². The fourth-order valence-electron chi connectivity index (χ4n) is 1.63.